The van der Waals surface area contributed by atoms with E-state index >= 15 is 0 Å². The number of aromatic nitrogens is 2. The fourth-order valence-corrected chi connectivity index (χ4v) is 2.70. The first kappa shape index (κ1) is 15.2. The largest absolute Gasteiger partial charge is 0.477 e. The van der Waals surface area contributed by atoms with E-state index in [1.165, 1.54) is 16.7 Å². The number of hydrogen-bond donors (Lipinski definition) is 1. The number of benzene rings is 1. The highest BCUT2D eigenvalue weighted by molar-refractivity contribution is 6.38. The fourth-order valence-electron chi connectivity index (χ4n) is 2.39. The molecule has 0 saturated heterocycles. The summed E-state index contributed by atoms with van der Waals surface area (Å²) < 4.78 is 14.7. The van der Waals surface area contributed by atoms with Crippen molar-refractivity contribution in [3.8, 4) is 0 Å². The standard InChI is InChI=1S/C16H10ClFN2O3/c17-14-11-7-9(18)4-5-12(11)20(15(21)13(14)16(22)23)8-10-3-1-2-6-19-10/h1-7H,8H2,(H,22,23). The predicted molar refractivity (Wildman–Crippen MR) is 83.5 cm³/mol. The topological polar surface area (TPSA) is 72.2 Å². The quantitative estimate of drug-likeness (QED) is 0.800. The molecule has 0 atom stereocenters. The zero-order chi connectivity index (χ0) is 16.6. The summed E-state index contributed by atoms with van der Waals surface area (Å²) in [4.78, 5) is 28.0. The third kappa shape index (κ3) is 2.68. The van der Waals surface area contributed by atoms with Gasteiger partial charge < -0.3 is 9.67 Å². The van der Waals surface area contributed by atoms with Gasteiger partial charge in [0.15, 0.2) is 0 Å². The molecule has 3 rings (SSSR count). The van der Waals surface area contributed by atoms with Gasteiger partial charge in [-0.2, -0.15) is 0 Å². The molecule has 0 bridgehead atoms. The van der Waals surface area contributed by atoms with Gasteiger partial charge >= 0.3 is 5.97 Å². The first-order chi connectivity index (χ1) is 11.0. The van der Waals surface area contributed by atoms with Gasteiger partial charge in [0.1, 0.15) is 11.4 Å². The molecule has 0 aliphatic carbocycles. The highest BCUT2D eigenvalue weighted by Crippen LogP contribution is 2.26. The minimum atomic E-state index is -1.46. The molecule has 0 fully saturated rings. The van der Waals surface area contributed by atoms with E-state index in [1.807, 2.05) is 0 Å². The van der Waals surface area contributed by atoms with E-state index in [0.29, 0.717) is 11.2 Å². The van der Waals surface area contributed by atoms with Gasteiger partial charge in [0.25, 0.3) is 5.56 Å². The Labute approximate surface area is 134 Å². The van der Waals surface area contributed by atoms with Gasteiger partial charge in [0, 0.05) is 11.6 Å². The number of fused-ring (bicyclic) bond motifs is 1. The van der Waals surface area contributed by atoms with Crippen molar-refractivity contribution in [1.82, 2.24) is 9.55 Å². The molecular formula is C16H10ClFN2O3. The average molecular weight is 333 g/mol. The zero-order valence-electron chi connectivity index (χ0n) is 11.7. The van der Waals surface area contributed by atoms with Crippen LogP contribution in [0.15, 0.2) is 47.4 Å². The summed E-state index contributed by atoms with van der Waals surface area (Å²) in [6.07, 6.45) is 1.57. The van der Waals surface area contributed by atoms with E-state index in [0.717, 1.165) is 6.07 Å². The SMILES string of the molecule is O=C(O)c1c(Cl)c2cc(F)ccc2n(Cc2ccccn2)c1=O. The molecule has 1 aromatic carbocycles. The fraction of sp³-hybridized carbons (Fsp3) is 0.0625. The highest BCUT2D eigenvalue weighted by Gasteiger charge is 2.21. The summed E-state index contributed by atoms with van der Waals surface area (Å²) in [6.45, 7) is 0.0548. The van der Waals surface area contributed by atoms with Crippen LogP contribution in [0.3, 0.4) is 0 Å². The number of carboxylic acid groups (broad SMARTS) is 1. The molecule has 0 aliphatic rings. The molecule has 0 spiro atoms. The Kier molecular flexibility index (Phi) is 3.83. The Morgan fingerprint density at radius 1 is 1.30 bits per heavy atom. The lowest BCUT2D eigenvalue weighted by Crippen LogP contribution is -2.28. The zero-order valence-corrected chi connectivity index (χ0v) is 12.4. The first-order valence-corrected chi connectivity index (χ1v) is 7.01. The van der Waals surface area contributed by atoms with Crippen molar-refractivity contribution in [3.63, 3.8) is 0 Å². The number of hydrogen-bond acceptors (Lipinski definition) is 3. The van der Waals surface area contributed by atoms with Crippen LogP contribution in [0, 0.1) is 5.82 Å². The van der Waals surface area contributed by atoms with Crippen LogP contribution in [-0.4, -0.2) is 20.6 Å². The summed E-state index contributed by atoms with van der Waals surface area (Å²) in [5.74, 6) is -2.03. The van der Waals surface area contributed by atoms with Crippen molar-refractivity contribution in [2.24, 2.45) is 0 Å². The minimum absolute atomic E-state index is 0.0548. The van der Waals surface area contributed by atoms with Crippen LogP contribution < -0.4 is 5.56 Å². The summed E-state index contributed by atoms with van der Waals surface area (Å²) in [6, 6.07) is 8.88. The second kappa shape index (κ2) is 5.81. The van der Waals surface area contributed by atoms with Gasteiger partial charge in [0.2, 0.25) is 0 Å². The Bertz CT molecular complexity index is 970. The number of nitrogens with zero attached hydrogens (tertiary/aromatic N) is 2. The normalized spacial score (nSPS) is 10.9. The molecule has 0 aliphatic heterocycles. The van der Waals surface area contributed by atoms with Gasteiger partial charge in [-0.1, -0.05) is 17.7 Å². The van der Waals surface area contributed by atoms with Crippen LogP contribution in [0.4, 0.5) is 4.39 Å². The van der Waals surface area contributed by atoms with E-state index in [-0.39, 0.29) is 17.0 Å². The lowest BCUT2D eigenvalue weighted by molar-refractivity contribution is 0.0694. The molecular weight excluding hydrogens is 323 g/mol. The van der Waals surface area contributed by atoms with Gasteiger partial charge in [-0.3, -0.25) is 9.78 Å². The van der Waals surface area contributed by atoms with Crippen LogP contribution >= 0.6 is 11.6 Å². The Morgan fingerprint density at radius 2 is 2.09 bits per heavy atom. The summed E-state index contributed by atoms with van der Waals surface area (Å²) in [7, 11) is 0. The number of aromatic carboxylic acids is 1. The third-order valence-electron chi connectivity index (χ3n) is 3.42. The molecule has 1 N–H and O–H groups in total. The van der Waals surface area contributed by atoms with Crippen molar-refractivity contribution >= 4 is 28.5 Å². The summed E-state index contributed by atoms with van der Waals surface area (Å²) in [5.41, 5.74) is -0.427. The number of halogens is 2. The van der Waals surface area contributed by atoms with E-state index in [4.69, 9.17) is 11.6 Å². The van der Waals surface area contributed by atoms with Crippen molar-refractivity contribution in [1.29, 1.82) is 0 Å². The number of carbonyl (C=O) groups is 1. The first-order valence-electron chi connectivity index (χ1n) is 6.64. The molecule has 23 heavy (non-hydrogen) atoms. The van der Waals surface area contributed by atoms with Crippen LogP contribution in [-0.2, 0) is 6.54 Å². The Morgan fingerprint density at radius 3 is 2.74 bits per heavy atom. The maximum absolute atomic E-state index is 13.5. The molecule has 7 heteroatoms. The summed E-state index contributed by atoms with van der Waals surface area (Å²) >= 11 is 6.01. The molecule has 5 nitrogen and oxygen atoms in total. The van der Waals surface area contributed by atoms with Crippen LogP contribution in [0.25, 0.3) is 10.9 Å². The van der Waals surface area contributed by atoms with Crippen LogP contribution in [0.5, 0.6) is 0 Å². The van der Waals surface area contributed by atoms with Crippen molar-refractivity contribution < 1.29 is 14.3 Å². The van der Waals surface area contributed by atoms with Crippen molar-refractivity contribution in [3.05, 3.63) is 75.0 Å². The maximum atomic E-state index is 13.5. The maximum Gasteiger partial charge on any atom is 0.342 e. The predicted octanol–water partition coefficient (Wildman–Crippen LogP) is 2.94. The van der Waals surface area contributed by atoms with Crippen LogP contribution in [0.2, 0.25) is 5.02 Å². The smallest absolute Gasteiger partial charge is 0.342 e. The second-order valence-corrected chi connectivity index (χ2v) is 5.25. The van der Waals surface area contributed by atoms with Crippen molar-refractivity contribution in [2.45, 2.75) is 6.54 Å². The molecule has 0 amide bonds. The van der Waals surface area contributed by atoms with Gasteiger partial charge in [0.05, 0.1) is 22.8 Å². The highest BCUT2D eigenvalue weighted by atomic mass is 35.5. The molecule has 2 heterocycles. The van der Waals surface area contributed by atoms with E-state index in [1.54, 1.807) is 24.4 Å². The van der Waals surface area contributed by atoms with Gasteiger partial charge in [-0.05, 0) is 30.3 Å². The number of pyridine rings is 2. The van der Waals surface area contributed by atoms with E-state index in [9.17, 15) is 19.1 Å². The van der Waals surface area contributed by atoms with Gasteiger partial charge in [-0.25, -0.2) is 9.18 Å². The molecule has 0 saturated carbocycles. The molecule has 0 unspecified atom stereocenters. The minimum Gasteiger partial charge on any atom is -0.477 e. The number of rotatable bonds is 3. The Hall–Kier alpha value is -2.73. The summed E-state index contributed by atoms with van der Waals surface area (Å²) in [5, 5.41) is 9.16. The lowest BCUT2D eigenvalue weighted by Gasteiger charge is -2.13. The second-order valence-electron chi connectivity index (χ2n) is 4.87. The number of carboxylic acids is 1. The van der Waals surface area contributed by atoms with E-state index < -0.39 is 22.9 Å². The lowest BCUT2D eigenvalue weighted by atomic mass is 10.1. The molecule has 116 valence electrons. The monoisotopic (exact) mass is 332 g/mol. The molecule has 0 radical (unpaired) electrons. The molecule has 3 aromatic rings. The molecule has 2 aromatic heterocycles. The van der Waals surface area contributed by atoms with Crippen molar-refractivity contribution in [2.75, 3.05) is 0 Å². The van der Waals surface area contributed by atoms with E-state index in [2.05, 4.69) is 4.98 Å². The van der Waals surface area contributed by atoms with Gasteiger partial charge in [-0.15, -0.1) is 0 Å². The third-order valence-corrected chi connectivity index (χ3v) is 3.82. The van der Waals surface area contributed by atoms with Crippen LogP contribution in [0.1, 0.15) is 16.1 Å². The Balaban J connectivity index is 2.35. The average Bonchev–Trinajstić information content (AvgIpc) is 2.52.